The standard InChI is InChI=1S/C24H29N5O3/c1-3-19-14-23(30)28-24(27-19)18-6-9-22(25-15-18)26-16-21(29-10-12-32-13-11-29)17-4-7-20(31-2)8-5-17/h4-9,14-15,21H,3,10-13,16H2,1-2H3,(H,25,26)(H,27,28,30). The van der Waals surface area contributed by atoms with Crippen LogP contribution < -0.4 is 15.6 Å². The lowest BCUT2D eigenvalue weighted by atomic mass is 10.0. The van der Waals surface area contributed by atoms with Crippen molar-refractivity contribution in [3.8, 4) is 17.1 Å². The number of nitrogens with one attached hydrogen (secondary N) is 2. The number of aromatic nitrogens is 3. The van der Waals surface area contributed by atoms with Crippen molar-refractivity contribution in [2.24, 2.45) is 0 Å². The van der Waals surface area contributed by atoms with E-state index in [0.717, 1.165) is 49.1 Å². The molecule has 0 spiro atoms. The minimum atomic E-state index is -0.151. The molecular formula is C24H29N5O3. The number of nitrogens with zero attached hydrogens (tertiary/aromatic N) is 3. The van der Waals surface area contributed by atoms with Gasteiger partial charge in [0.1, 0.15) is 17.4 Å². The summed E-state index contributed by atoms with van der Waals surface area (Å²) in [7, 11) is 1.68. The van der Waals surface area contributed by atoms with Crippen molar-refractivity contribution < 1.29 is 9.47 Å². The summed E-state index contributed by atoms with van der Waals surface area (Å²) in [6, 6.07) is 13.8. The first-order valence-corrected chi connectivity index (χ1v) is 10.9. The van der Waals surface area contributed by atoms with Gasteiger partial charge in [-0.2, -0.15) is 0 Å². The molecule has 3 heterocycles. The Labute approximate surface area is 187 Å². The van der Waals surface area contributed by atoms with Crippen LogP contribution in [0.2, 0.25) is 0 Å². The summed E-state index contributed by atoms with van der Waals surface area (Å²) in [6.45, 7) is 5.93. The van der Waals surface area contributed by atoms with Crippen molar-refractivity contribution in [3.63, 3.8) is 0 Å². The molecule has 1 unspecified atom stereocenters. The summed E-state index contributed by atoms with van der Waals surface area (Å²) < 4.78 is 10.8. The average molecular weight is 436 g/mol. The Balaban J connectivity index is 1.48. The van der Waals surface area contributed by atoms with Crippen molar-refractivity contribution in [2.45, 2.75) is 19.4 Å². The molecule has 1 fully saturated rings. The van der Waals surface area contributed by atoms with Crippen molar-refractivity contribution in [2.75, 3.05) is 45.3 Å². The number of pyridine rings is 1. The molecule has 2 N–H and O–H groups in total. The number of methoxy groups -OCH3 is 1. The van der Waals surface area contributed by atoms with Crippen LogP contribution in [0, 0.1) is 0 Å². The van der Waals surface area contributed by atoms with Gasteiger partial charge >= 0.3 is 0 Å². The van der Waals surface area contributed by atoms with Crippen LogP contribution in [-0.4, -0.2) is 59.8 Å². The zero-order valence-electron chi connectivity index (χ0n) is 18.5. The molecule has 1 aromatic carbocycles. The van der Waals surface area contributed by atoms with Gasteiger partial charge in [0.2, 0.25) is 0 Å². The number of rotatable bonds is 8. The predicted molar refractivity (Wildman–Crippen MR) is 124 cm³/mol. The van der Waals surface area contributed by atoms with E-state index >= 15 is 0 Å². The second-order valence-corrected chi connectivity index (χ2v) is 7.69. The summed E-state index contributed by atoms with van der Waals surface area (Å²) in [5.41, 5.74) is 2.61. The maximum atomic E-state index is 11.9. The SMILES string of the molecule is CCc1cc(=O)[nH]c(-c2ccc(NCC(c3ccc(OC)cc3)N3CCOCC3)nc2)n1. The summed E-state index contributed by atoms with van der Waals surface area (Å²) in [6.07, 6.45) is 2.44. The van der Waals surface area contributed by atoms with Gasteiger partial charge in [0.15, 0.2) is 0 Å². The number of morpholine rings is 1. The molecule has 1 atom stereocenters. The number of anilines is 1. The zero-order chi connectivity index (χ0) is 22.3. The van der Waals surface area contributed by atoms with Gasteiger partial charge in [0.25, 0.3) is 5.56 Å². The van der Waals surface area contributed by atoms with Crippen LogP contribution in [0.3, 0.4) is 0 Å². The molecule has 8 nitrogen and oxygen atoms in total. The molecule has 0 amide bonds. The summed E-state index contributed by atoms with van der Waals surface area (Å²) in [4.78, 5) is 26.1. The van der Waals surface area contributed by atoms with Gasteiger partial charge in [0, 0.05) is 43.2 Å². The zero-order valence-corrected chi connectivity index (χ0v) is 18.5. The number of aromatic amines is 1. The molecule has 0 bridgehead atoms. The number of hydrogen-bond acceptors (Lipinski definition) is 7. The van der Waals surface area contributed by atoms with Crippen LogP contribution in [0.1, 0.15) is 24.2 Å². The fourth-order valence-electron chi connectivity index (χ4n) is 3.84. The lowest BCUT2D eigenvalue weighted by Gasteiger charge is -2.35. The lowest BCUT2D eigenvalue weighted by molar-refractivity contribution is 0.0187. The Morgan fingerprint density at radius 3 is 2.62 bits per heavy atom. The van der Waals surface area contributed by atoms with E-state index in [1.807, 2.05) is 31.2 Å². The minimum Gasteiger partial charge on any atom is -0.497 e. The van der Waals surface area contributed by atoms with Crippen LogP contribution in [0.4, 0.5) is 5.82 Å². The molecule has 32 heavy (non-hydrogen) atoms. The van der Waals surface area contributed by atoms with Gasteiger partial charge in [-0.15, -0.1) is 0 Å². The van der Waals surface area contributed by atoms with E-state index in [9.17, 15) is 4.79 Å². The molecular weight excluding hydrogens is 406 g/mol. The van der Waals surface area contributed by atoms with Crippen LogP contribution in [-0.2, 0) is 11.2 Å². The third kappa shape index (κ3) is 5.33. The van der Waals surface area contributed by atoms with Crippen LogP contribution in [0.15, 0.2) is 53.5 Å². The normalized spacial score (nSPS) is 15.3. The van der Waals surface area contributed by atoms with Gasteiger partial charge in [-0.25, -0.2) is 9.97 Å². The number of H-pyrrole nitrogens is 1. The fourth-order valence-corrected chi connectivity index (χ4v) is 3.84. The maximum absolute atomic E-state index is 11.9. The molecule has 0 saturated carbocycles. The first-order chi connectivity index (χ1) is 15.7. The number of aryl methyl sites for hydroxylation is 1. The molecule has 2 aromatic heterocycles. The van der Waals surface area contributed by atoms with Crippen LogP contribution in [0.25, 0.3) is 11.4 Å². The summed E-state index contributed by atoms with van der Waals surface area (Å²) >= 11 is 0. The minimum absolute atomic E-state index is 0.151. The predicted octanol–water partition coefficient (Wildman–Crippen LogP) is 2.89. The molecule has 8 heteroatoms. The molecule has 168 valence electrons. The molecule has 0 radical (unpaired) electrons. The highest BCUT2D eigenvalue weighted by Crippen LogP contribution is 2.25. The highest BCUT2D eigenvalue weighted by atomic mass is 16.5. The molecule has 1 saturated heterocycles. The van der Waals surface area contributed by atoms with E-state index in [-0.39, 0.29) is 11.6 Å². The Hall–Kier alpha value is -3.23. The van der Waals surface area contributed by atoms with E-state index < -0.39 is 0 Å². The highest BCUT2D eigenvalue weighted by Gasteiger charge is 2.22. The third-order valence-corrected chi connectivity index (χ3v) is 5.66. The number of hydrogen-bond donors (Lipinski definition) is 2. The largest absolute Gasteiger partial charge is 0.497 e. The Bertz CT molecular complexity index is 1060. The average Bonchev–Trinajstić information content (AvgIpc) is 2.85. The van der Waals surface area contributed by atoms with E-state index in [2.05, 4.69) is 37.3 Å². The van der Waals surface area contributed by atoms with E-state index in [1.165, 1.54) is 11.6 Å². The molecule has 1 aliphatic rings. The van der Waals surface area contributed by atoms with E-state index in [1.54, 1.807) is 13.3 Å². The lowest BCUT2D eigenvalue weighted by Crippen LogP contribution is -2.41. The van der Waals surface area contributed by atoms with Gasteiger partial charge in [0.05, 0.1) is 26.4 Å². The second kappa shape index (κ2) is 10.4. The van der Waals surface area contributed by atoms with Gasteiger partial charge in [-0.1, -0.05) is 19.1 Å². The Morgan fingerprint density at radius 1 is 1.19 bits per heavy atom. The molecule has 4 rings (SSSR count). The molecule has 0 aliphatic carbocycles. The van der Waals surface area contributed by atoms with E-state index in [4.69, 9.17) is 9.47 Å². The molecule has 3 aromatic rings. The highest BCUT2D eigenvalue weighted by molar-refractivity contribution is 5.56. The Morgan fingerprint density at radius 2 is 1.97 bits per heavy atom. The topological polar surface area (TPSA) is 92.4 Å². The third-order valence-electron chi connectivity index (χ3n) is 5.66. The smallest absolute Gasteiger partial charge is 0.251 e. The first kappa shape index (κ1) is 22.0. The Kier molecular flexibility index (Phi) is 7.14. The quantitative estimate of drug-likeness (QED) is 0.562. The van der Waals surface area contributed by atoms with Crippen molar-refractivity contribution in [1.82, 2.24) is 19.9 Å². The first-order valence-electron chi connectivity index (χ1n) is 10.9. The fraction of sp³-hybridized carbons (Fsp3) is 0.375. The van der Waals surface area contributed by atoms with Crippen LogP contribution >= 0.6 is 0 Å². The van der Waals surface area contributed by atoms with Gasteiger partial charge in [-0.3, -0.25) is 9.69 Å². The van der Waals surface area contributed by atoms with Crippen molar-refractivity contribution in [1.29, 1.82) is 0 Å². The van der Waals surface area contributed by atoms with Crippen molar-refractivity contribution in [3.05, 3.63) is 70.3 Å². The summed E-state index contributed by atoms with van der Waals surface area (Å²) in [5, 5.41) is 3.46. The van der Waals surface area contributed by atoms with Gasteiger partial charge in [-0.05, 0) is 36.2 Å². The molecule has 1 aliphatic heterocycles. The van der Waals surface area contributed by atoms with E-state index in [0.29, 0.717) is 18.8 Å². The summed E-state index contributed by atoms with van der Waals surface area (Å²) in [5.74, 6) is 2.16. The monoisotopic (exact) mass is 435 g/mol. The second-order valence-electron chi connectivity index (χ2n) is 7.69. The number of ether oxygens (including phenoxy) is 2. The maximum Gasteiger partial charge on any atom is 0.251 e. The van der Waals surface area contributed by atoms with Crippen molar-refractivity contribution >= 4 is 5.82 Å². The number of benzene rings is 1. The van der Waals surface area contributed by atoms with Crippen LogP contribution in [0.5, 0.6) is 5.75 Å². The van der Waals surface area contributed by atoms with Gasteiger partial charge < -0.3 is 19.8 Å².